The van der Waals surface area contributed by atoms with Gasteiger partial charge in [0.25, 0.3) is 0 Å². The van der Waals surface area contributed by atoms with Crippen LogP contribution in [0.5, 0.6) is 0 Å². The molecule has 2 heterocycles. The van der Waals surface area contributed by atoms with Crippen LogP contribution in [-0.4, -0.2) is 65.3 Å². The van der Waals surface area contributed by atoms with Crippen molar-refractivity contribution < 1.29 is 19.1 Å². The second kappa shape index (κ2) is 7.37. The Bertz CT molecular complexity index is 522. The summed E-state index contributed by atoms with van der Waals surface area (Å²) in [6.07, 6.45) is 1.47. The first-order valence-electron chi connectivity index (χ1n) is 9.81. The number of piperidine rings is 1. The van der Waals surface area contributed by atoms with E-state index in [0.29, 0.717) is 31.0 Å². The number of carbonyl (C=O) groups is 2. The first kappa shape index (κ1) is 21.0. The molecule has 6 heteroatoms. The Balaban J connectivity index is 2.08. The molecule has 2 aliphatic heterocycles. The summed E-state index contributed by atoms with van der Waals surface area (Å²) >= 11 is 0. The molecule has 0 bridgehead atoms. The third kappa shape index (κ3) is 3.71. The molecule has 26 heavy (non-hydrogen) atoms. The minimum atomic E-state index is -0.478. The van der Waals surface area contributed by atoms with E-state index < -0.39 is 5.60 Å². The van der Waals surface area contributed by atoms with E-state index in [1.54, 1.807) is 4.90 Å². The van der Waals surface area contributed by atoms with Gasteiger partial charge in [-0.25, -0.2) is 4.79 Å². The number of hydrogen-bond acceptors (Lipinski definition) is 5. The van der Waals surface area contributed by atoms with E-state index in [1.807, 2.05) is 20.8 Å². The predicted molar refractivity (Wildman–Crippen MR) is 101 cm³/mol. The third-order valence-corrected chi connectivity index (χ3v) is 5.88. The summed E-state index contributed by atoms with van der Waals surface area (Å²) < 4.78 is 10.6. The summed E-state index contributed by atoms with van der Waals surface area (Å²) in [6, 6.07) is 0.119. The molecule has 2 fully saturated rings. The normalized spacial score (nSPS) is 26.2. The van der Waals surface area contributed by atoms with Gasteiger partial charge in [0, 0.05) is 19.1 Å². The Kier molecular flexibility index (Phi) is 5.96. The molecular weight excluding hydrogens is 332 g/mol. The number of carbonyl (C=O) groups excluding carboxylic acids is 2. The van der Waals surface area contributed by atoms with Crippen LogP contribution in [0.1, 0.15) is 61.3 Å². The highest BCUT2D eigenvalue weighted by atomic mass is 16.6. The summed E-state index contributed by atoms with van der Waals surface area (Å²) in [5, 5.41) is 0. The van der Waals surface area contributed by atoms with Gasteiger partial charge in [0.15, 0.2) is 0 Å². The third-order valence-electron chi connectivity index (χ3n) is 5.88. The molecule has 150 valence electrons. The van der Waals surface area contributed by atoms with Crippen LogP contribution in [0.3, 0.4) is 0 Å². The molecule has 0 aromatic rings. The van der Waals surface area contributed by atoms with Crippen molar-refractivity contribution in [1.82, 2.24) is 9.80 Å². The molecule has 0 saturated carbocycles. The maximum atomic E-state index is 12.4. The molecule has 0 aliphatic carbocycles. The van der Waals surface area contributed by atoms with Crippen LogP contribution in [0.25, 0.3) is 0 Å². The lowest BCUT2D eigenvalue weighted by molar-refractivity contribution is -0.141. The lowest BCUT2D eigenvalue weighted by atomic mass is 9.81. The fourth-order valence-corrected chi connectivity index (χ4v) is 4.83. The SMILES string of the molecule is COC(=O)C1N(C2CCN(C(=O)OC(C)(C)C)CC2)C1(C(C)C)C(C)C. The number of rotatable bonds is 4. The van der Waals surface area contributed by atoms with Gasteiger partial charge in [-0.05, 0) is 45.4 Å². The van der Waals surface area contributed by atoms with Gasteiger partial charge in [0.1, 0.15) is 11.6 Å². The second-order valence-corrected chi connectivity index (χ2v) is 9.23. The highest BCUT2D eigenvalue weighted by Gasteiger charge is 2.71. The molecule has 0 aromatic heterocycles. The molecule has 0 N–H and O–H groups in total. The van der Waals surface area contributed by atoms with E-state index >= 15 is 0 Å². The highest BCUT2D eigenvalue weighted by Crippen LogP contribution is 2.55. The number of hydrogen-bond donors (Lipinski definition) is 0. The van der Waals surface area contributed by atoms with Gasteiger partial charge >= 0.3 is 12.1 Å². The Morgan fingerprint density at radius 3 is 1.92 bits per heavy atom. The standard InChI is InChI=1S/C20H36N2O4/c1-13(2)20(14(3)4)16(17(23)25-8)22(20)15-9-11-21(12-10-15)18(24)26-19(5,6)7/h13-16H,9-12H2,1-8H3. The van der Waals surface area contributed by atoms with E-state index in [-0.39, 0.29) is 23.6 Å². The van der Waals surface area contributed by atoms with Crippen molar-refractivity contribution in [1.29, 1.82) is 0 Å². The first-order valence-corrected chi connectivity index (χ1v) is 9.81. The maximum absolute atomic E-state index is 12.4. The topological polar surface area (TPSA) is 58.9 Å². The Morgan fingerprint density at radius 1 is 1.04 bits per heavy atom. The molecule has 0 aromatic carbocycles. The van der Waals surface area contributed by atoms with Crippen LogP contribution in [0.4, 0.5) is 4.79 Å². The molecule has 2 unspecified atom stereocenters. The molecule has 6 nitrogen and oxygen atoms in total. The number of amides is 1. The summed E-state index contributed by atoms with van der Waals surface area (Å²) in [5.74, 6) is 0.577. The monoisotopic (exact) mass is 368 g/mol. The van der Waals surface area contributed by atoms with Crippen LogP contribution < -0.4 is 0 Å². The number of ether oxygens (including phenoxy) is 2. The smallest absolute Gasteiger partial charge is 0.410 e. The van der Waals surface area contributed by atoms with Gasteiger partial charge in [-0.3, -0.25) is 9.69 Å². The summed E-state index contributed by atoms with van der Waals surface area (Å²) in [6.45, 7) is 15.7. The van der Waals surface area contributed by atoms with Crippen molar-refractivity contribution >= 4 is 12.1 Å². The van der Waals surface area contributed by atoms with Gasteiger partial charge in [0.05, 0.1) is 12.6 Å². The fourth-order valence-electron chi connectivity index (χ4n) is 4.83. The van der Waals surface area contributed by atoms with Gasteiger partial charge in [-0.15, -0.1) is 0 Å². The maximum Gasteiger partial charge on any atom is 0.410 e. The van der Waals surface area contributed by atoms with Gasteiger partial charge < -0.3 is 14.4 Å². The van der Waals surface area contributed by atoms with E-state index in [2.05, 4.69) is 32.6 Å². The van der Waals surface area contributed by atoms with E-state index in [4.69, 9.17) is 9.47 Å². The summed E-state index contributed by atoms with van der Waals surface area (Å²) in [4.78, 5) is 28.9. The predicted octanol–water partition coefficient (Wildman–Crippen LogP) is 3.29. The number of esters is 1. The number of nitrogens with zero attached hydrogens (tertiary/aromatic N) is 2. The minimum Gasteiger partial charge on any atom is -0.468 e. The van der Waals surface area contributed by atoms with Crippen molar-refractivity contribution in [3.63, 3.8) is 0 Å². The molecule has 1 amide bonds. The van der Waals surface area contributed by atoms with Crippen molar-refractivity contribution in [2.75, 3.05) is 20.2 Å². The number of likely N-dealkylation sites (tertiary alicyclic amines) is 1. The van der Waals surface area contributed by atoms with Gasteiger partial charge in [-0.1, -0.05) is 27.7 Å². The molecule has 2 saturated heterocycles. The Morgan fingerprint density at radius 2 is 1.54 bits per heavy atom. The zero-order valence-corrected chi connectivity index (χ0v) is 17.7. The molecule has 0 radical (unpaired) electrons. The second-order valence-electron chi connectivity index (χ2n) is 9.23. The largest absolute Gasteiger partial charge is 0.468 e. The highest BCUT2D eigenvalue weighted by molar-refractivity contribution is 5.82. The lowest BCUT2D eigenvalue weighted by Crippen LogP contribution is -2.46. The lowest BCUT2D eigenvalue weighted by Gasteiger charge is -2.36. The molecule has 2 aliphatic rings. The Hall–Kier alpha value is -1.30. The van der Waals surface area contributed by atoms with Crippen molar-refractivity contribution in [2.24, 2.45) is 11.8 Å². The zero-order valence-electron chi connectivity index (χ0n) is 17.7. The Labute approximate surface area is 158 Å². The summed E-state index contributed by atoms with van der Waals surface area (Å²) in [5.41, 5.74) is -0.625. The molecular formula is C20H36N2O4. The first-order chi connectivity index (χ1) is 12.0. The molecule has 0 spiro atoms. The number of methoxy groups -OCH3 is 1. The van der Waals surface area contributed by atoms with Crippen molar-refractivity contribution in [3.8, 4) is 0 Å². The van der Waals surface area contributed by atoms with Crippen LogP contribution in [0.2, 0.25) is 0 Å². The van der Waals surface area contributed by atoms with Crippen LogP contribution in [0.15, 0.2) is 0 Å². The summed E-state index contributed by atoms with van der Waals surface area (Å²) in [7, 11) is 1.47. The molecule has 2 rings (SSSR count). The molecule has 2 atom stereocenters. The average molecular weight is 369 g/mol. The fraction of sp³-hybridized carbons (Fsp3) is 0.900. The van der Waals surface area contributed by atoms with E-state index in [9.17, 15) is 9.59 Å². The van der Waals surface area contributed by atoms with Gasteiger partial charge in [0.2, 0.25) is 0 Å². The van der Waals surface area contributed by atoms with Gasteiger partial charge in [-0.2, -0.15) is 0 Å². The minimum absolute atomic E-state index is 0.137. The van der Waals surface area contributed by atoms with Crippen LogP contribution >= 0.6 is 0 Å². The van der Waals surface area contributed by atoms with Crippen LogP contribution in [-0.2, 0) is 14.3 Å². The van der Waals surface area contributed by atoms with E-state index in [0.717, 1.165) is 12.8 Å². The van der Waals surface area contributed by atoms with Crippen LogP contribution in [0, 0.1) is 11.8 Å². The van der Waals surface area contributed by atoms with Crippen molar-refractivity contribution in [3.05, 3.63) is 0 Å². The van der Waals surface area contributed by atoms with E-state index in [1.165, 1.54) is 7.11 Å². The van der Waals surface area contributed by atoms with Crippen molar-refractivity contribution in [2.45, 2.75) is 84.5 Å². The quantitative estimate of drug-likeness (QED) is 0.563. The average Bonchev–Trinajstić information content (AvgIpc) is 3.24. The zero-order chi connectivity index (χ0) is 19.9.